The van der Waals surface area contributed by atoms with Crippen LogP contribution < -0.4 is 5.73 Å². The van der Waals surface area contributed by atoms with Crippen LogP contribution in [0.2, 0.25) is 0 Å². The molecule has 0 saturated heterocycles. The quantitative estimate of drug-likeness (QED) is 0.835. The van der Waals surface area contributed by atoms with Crippen molar-refractivity contribution in [1.29, 1.82) is 0 Å². The predicted octanol–water partition coefficient (Wildman–Crippen LogP) is 3.16. The Morgan fingerprint density at radius 2 is 2.11 bits per heavy atom. The van der Waals surface area contributed by atoms with Crippen molar-refractivity contribution in [2.24, 2.45) is 0 Å². The van der Waals surface area contributed by atoms with Gasteiger partial charge in [0.25, 0.3) is 0 Å². The molecule has 0 aliphatic carbocycles. The molecule has 4 nitrogen and oxygen atoms in total. The summed E-state index contributed by atoms with van der Waals surface area (Å²) in [6.45, 7) is 1.76. The summed E-state index contributed by atoms with van der Waals surface area (Å²) in [5.74, 6) is -1.32. The first kappa shape index (κ1) is 12.5. The summed E-state index contributed by atoms with van der Waals surface area (Å²) in [6.07, 6.45) is 1.50. The van der Waals surface area contributed by atoms with E-state index < -0.39 is 11.8 Å². The Morgan fingerprint density at radius 1 is 1.39 bits per heavy atom. The lowest BCUT2D eigenvalue weighted by molar-refractivity contribution is 0.0694. The van der Waals surface area contributed by atoms with Crippen molar-refractivity contribution in [2.45, 2.75) is 16.7 Å². The Balaban J connectivity index is 2.48. The van der Waals surface area contributed by atoms with Gasteiger partial charge in [-0.1, -0.05) is 11.8 Å². The standard InChI is InChI=1S/C12H10FNO3S/c1-6-8(4-5-17-6)18-9-3-2-7(13)11(14)10(9)12(15)16/h2-5H,14H2,1H3,(H,15,16). The molecule has 1 aromatic heterocycles. The maximum absolute atomic E-state index is 13.3. The van der Waals surface area contributed by atoms with Gasteiger partial charge in [-0.05, 0) is 25.1 Å². The van der Waals surface area contributed by atoms with Gasteiger partial charge in [-0.3, -0.25) is 0 Å². The molecule has 0 spiro atoms. The van der Waals surface area contributed by atoms with E-state index in [2.05, 4.69) is 0 Å². The fourth-order valence-corrected chi connectivity index (χ4v) is 2.47. The summed E-state index contributed by atoms with van der Waals surface area (Å²) >= 11 is 1.18. The molecule has 2 rings (SSSR count). The molecule has 0 amide bonds. The monoisotopic (exact) mass is 267 g/mol. The first-order valence-electron chi connectivity index (χ1n) is 5.04. The van der Waals surface area contributed by atoms with Crippen LogP contribution in [0.1, 0.15) is 16.1 Å². The summed E-state index contributed by atoms with van der Waals surface area (Å²) in [4.78, 5) is 12.3. The Hall–Kier alpha value is -1.95. The molecule has 0 aliphatic heterocycles. The van der Waals surface area contributed by atoms with E-state index in [4.69, 9.17) is 15.3 Å². The van der Waals surface area contributed by atoms with E-state index >= 15 is 0 Å². The van der Waals surface area contributed by atoms with Crippen LogP contribution in [0.5, 0.6) is 0 Å². The second kappa shape index (κ2) is 4.73. The molecular formula is C12H10FNO3S. The Morgan fingerprint density at radius 3 is 2.67 bits per heavy atom. The van der Waals surface area contributed by atoms with Gasteiger partial charge in [0.05, 0.1) is 22.4 Å². The molecule has 0 bridgehead atoms. The number of halogens is 1. The van der Waals surface area contributed by atoms with Gasteiger partial charge in [0.1, 0.15) is 11.6 Å². The van der Waals surface area contributed by atoms with Crippen LogP contribution in [0.4, 0.5) is 10.1 Å². The van der Waals surface area contributed by atoms with E-state index in [0.29, 0.717) is 10.7 Å². The smallest absolute Gasteiger partial charge is 0.339 e. The van der Waals surface area contributed by atoms with Gasteiger partial charge in [-0.15, -0.1) is 0 Å². The number of hydrogen-bond acceptors (Lipinski definition) is 4. The number of aromatic carboxylic acids is 1. The highest BCUT2D eigenvalue weighted by Crippen LogP contribution is 2.36. The maximum Gasteiger partial charge on any atom is 0.339 e. The van der Waals surface area contributed by atoms with E-state index in [-0.39, 0.29) is 11.3 Å². The minimum atomic E-state index is -1.25. The highest BCUT2D eigenvalue weighted by molar-refractivity contribution is 7.99. The summed E-state index contributed by atoms with van der Waals surface area (Å²) in [7, 11) is 0. The van der Waals surface area contributed by atoms with Crippen LogP contribution in [-0.4, -0.2) is 11.1 Å². The van der Waals surface area contributed by atoms with Crippen LogP contribution in [0.15, 0.2) is 38.7 Å². The number of hydrogen-bond donors (Lipinski definition) is 2. The minimum absolute atomic E-state index is 0.222. The number of anilines is 1. The van der Waals surface area contributed by atoms with Crippen molar-refractivity contribution < 1.29 is 18.7 Å². The second-order valence-electron chi connectivity index (χ2n) is 3.58. The normalized spacial score (nSPS) is 10.6. The molecule has 3 N–H and O–H groups in total. The molecule has 0 fully saturated rings. The average Bonchev–Trinajstić information content (AvgIpc) is 2.69. The number of carboxylic acid groups (broad SMARTS) is 1. The molecule has 1 aromatic carbocycles. The molecule has 2 aromatic rings. The Labute approximate surface area is 107 Å². The fourth-order valence-electron chi connectivity index (χ4n) is 1.48. The SMILES string of the molecule is Cc1occc1Sc1ccc(F)c(N)c1C(=O)O. The highest BCUT2D eigenvalue weighted by Gasteiger charge is 2.19. The van der Waals surface area contributed by atoms with E-state index in [9.17, 15) is 9.18 Å². The molecule has 0 aliphatic rings. The van der Waals surface area contributed by atoms with Crippen molar-refractivity contribution in [3.63, 3.8) is 0 Å². The Kier molecular flexibility index (Phi) is 3.29. The van der Waals surface area contributed by atoms with Crippen LogP contribution in [0.3, 0.4) is 0 Å². The van der Waals surface area contributed by atoms with Crippen LogP contribution in [0.25, 0.3) is 0 Å². The van der Waals surface area contributed by atoms with Crippen LogP contribution in [0, 0.1) is 12.7 Å². The third kappa shape index (κ3) is 2.19. The second-order valence-corrected chi connectivity index (χ2v) is 4.67. The van der Waals surface area contributed by atoms with E-state index in [0.717, 1.165) is 11.0 Å². The number of carboxylic acids is 1. The molecule has 1 heterocycles. The summed E-state index contributed by atoms with van der Waals surface area (Å²) in [5, 5.41) is 9.09. The fraction of sp³-hybridized carbons (Fsp3) is 0.0833. The molecule has 6 heteroatoms. The number of aryl methyl sites for hydroxylation is 1. The van der Waals surface area contributed by atoms with Gasteiger partial charge < -0.3 is 15.3 Å². The van der Waals surface area contributed by atoms with Crippen molar-refractivity contribution in [3.8, 4) is 0 Å². The van der Waals surface area contributed by atoms with Gasteiger partial charge in [0.15, 0.2) is 0 Å². The summed E-state index contributed by atoms with van der Waals surface area (Å²) in [5.41, 5.74) is 4.88. The summed E-state index contributed by atoms with van der Waals surface area (Å²) in [6, 6.07) is 4.26. The number of benzene rings is 1. The van der Waals surface area contributed by atoms with E-state index in [1.165, 1.54) is 24.1 Å². The minimum Gasteiger partial charge on any atom is -0.478 e. The Bertz CT molecular complexity index is 609. The molecule has 0 radical (unpaired) electrons. The number of nitrogens with two attached hydrogens (primary N) is 1. The average molecular weight is 267 g/mol. The van der Waals surface area contributed by atoms with Crippen LogP contribution >= 0.6 is 11.8 Å². The highest BCUT2D eigenvalue weighted by atomic mass is 32.2. The predicted molar refractivity (Wildman–Crippen MR) is 65.3 cm³/mol. The number of rotatable bonds is 3. The molecule has 0 saturated carbocycles. The lowest BCUT2D eigenvalue weighted by atomic mass is 10.2. The van der Waals surface area contributed by atoms with Gasteiger partial charge in [0, 0.05) is 4.90 Å². The van der Waals surface area contributed by atoms with Gasteiger partial charge in [0.2, 0.25) is 0 Å². The van der Waals surface area contributed by atoms with Crippen molar-refractivity contribution >= 4 is 23.4 Å². The van der Waals surface area contributed by atoms with Crippen molar-refractivity contribution in [3.05, 3.63) is 41.6 Å². The topological polar surface area (TPSA) is 76.5 Å². The third-order valence-corrected chi connectivity index (χ3v) is 3.60. The molecule has 0 unspecified atom stereocenters. The van der Waals surface area contributed by atoms with E-state index in [1.807, 2.05) is 0 Å². The molecule has 18 heavy (non-hydrogen) atoms. The van der Waals surface area contributed by atoms with Crippen LogP contribution in [-0.2, 0) is 0 Å². The van der Waals surface area contributed by atoms with Crippen molar-refractivity contribution in [2.75, 3.05) is 5.73 Å². The van der Waals surface area contributed by atoms with Crippen molar-refractivity contribution in [1.82, 2.24) is 0 Å². The number of furan rings is 1. The zero-order valence-corrected chi connectivity index (χ0v) is 10.3. The lowest BCUT2D eigenvalue weighted by Crippen LogP contribution is -2.06. The first-order valence-corrected chi connectivity index (χ1v) is 5.85. The van der Waals surface area contributed by atoms with Gasteiger partial charge in [-0.2, -0.15) is 0 Å². The zero-order chi connectivity index (χ0) is 13.3. The van der Waals surface area contributed by atoms with Gasteiger partial charge >= 0.3 is 5.97 Å². The van der Waals surface area contributed by atoms with E-state index in [1.54, 1.807) is 13.0 Å². The first-order chi connectivity index (χ1) is 8.50. The summed E-state index contributed by atoms with van der Waals surface area (Å²) < 4.78 is 18.4. The number of carbonyl (C=O) groups is 1. The largest absolute Gasteiger partial charge is 0.478 e. The van der Waals surface area contributed by atoms with Gasteiger partial charge in [-0.25, -0.2) is 9.18 Å². The maximum atomic E-state index is 13.3. The number of nitrogen functional groups attached to an aromatic ring is 1. The zero-order valence-electron chi connectivity index (χ0n) is 9.44. The lowest BCUT2D eigenvalue weighted by Gasteiger charge is -2.08. The molecular weight excluding hydrogens is 257 g/mol. The third-order valence-electron chi connectivity index (χ3n) is 2.40. The molecule has 0 atom stereocenters. The molecule has 94 valence electrons.